The molecule has 1 aliphatic rings. The van der Waals surface area contributed by atoms with E-state index in [-0.39, 0.29) is 5.91 Å². The molecule has 0 bridgehead atoms. The van der Waals surface area contributed by atoms with Crippen molar-refractivity contribution in [2.75, 3.05) is 13.1 Å². The lowest BCUT2D eigenvalue weighted by Gasteiger charge is -2.35. The van der Waals surface area contributed by atoms with Crippen LogP contribution in [-0.2, 0) is 0 Å². The first kappa shape index (κ1) is 13.1. The van der Waals surface area contributed by atoms with Gasteiger partial charge in [0.2, 0.25) is 0 Å². The summed E-state index contributed by atoms with van der Waals surface area (Å²) in [6.45, 7) is 10.4. The molecule has 0 radical (unpaired) electrons. The molecule has 2 atom stereocenters. The fraction of sp³-hybridized carbons (Fsp3) is 0.562. The second kappa shape index (κ2) is 5.13. The SMILES string of the molecule is Cc1cc(C)cc(C(=O)N2C[C@@H](C)C[C@H](C)C2)c1. The van der Waals surface area contributed by atoms with Crippen LogP contribution in [0.2, 0.25) is 0 Å². The number of hydrogen-bond donors (Lipinski definition) is 0. The maximum Gasteiger partial charge on any atom is 0.253 e. The smallest absolute Gasteiger partial charge is 0.253 e. The predicted molar refractivity (Wildman–Crippen MR) is 74.8 cm³/mol. The number of rotatable bonds is 1. The molecule has 1 aromatic carbocycles. The molecule has 1 aliphatic heterocycles. The Bertz CT molecular complexity index is 422. The van der Waals surface area contributed by atoms with Crippen LogP contribution in [0.5, 0.6) is 0 Å². The highest BCUT2D eigenvalue weighted by Crippen LogP contribution is 2.23. The summed E-state index contributed by atoms with van der Waals surface area (Å²) in [5, 5.41) is 0. The molecule has 0 aromatic heterocycles. The maximum atomic E-state index is 12.5. The second-order valence-corrected chi connectivity index (χ2v) is 6.03. The van der Waals surface area contributed by atoms with Crippen LogP contribution in [0.3, 0.4) is 0 Å². The predicted octanol–water partition coefficient (Wildman–Crippen LogP) is 3.42. The first-order valence-electron chi connectivity index (χ1n) is 6.83. The van der Waals surface area contributed by atoms with Gasteiger partial charge in [-0.1, -0.05) is 31.0 Å². The molecular weight excluding hydrogens is 222 g/mol. The van der Waals surface area contributed by atoms with Crippen molar-refractivity contribution in [1.29, 1.82) is 0 Å². The first-order chi connectivity index (χ1) is 8.45. The van der Waals surface area contributed by atoms with Crippen molar-refractivity contribution in [2.24, 2.45) is 11.8 Å². The van der Waals surface area contributed by atoms with Crippen molar-refractivity contribution in [1.82, 2.24) is 4.90 Å². The third-order valence-corrected chi connectivity index (χ3v) is 3.62. The third-order valence-electron chi connectivity index (χ3n) is 3.62. The van der Waals surface area contributed by atoms with E-state index in [0.717, 1.165) is 29.8 Å². The molecule has 1 aromatic rings. The van der Waals surface area contributed by atoms with E-state index >= 15 is 0 Å². The zero-order chi connectivity index (χ0) is 13.3. The van der Waals surface area contributed by atoms with E-state index < -0.39 is 0 Å². The van der Waals surface area contributed by atoms with E-state index in [4.69, 9.17) is 0 Å². The van der Waals surface area contributed by atoms with E-state index in [9.17, 15) is 4.79 Å². The zero-order valence-corrected chi connectivity index (χ0v) is 11.9. The zero-order valence-electron chi connectivity index (χ0n) is 11.9. The van der Waals surface area contributed by atoms with Gasteiger partial charge in [0.15, 0.2) is 0 Å². The van der Waals surface area contributed by atoms with Gasteiger partial charge in [0, 0.05) is 18.7 Å². The molecule has 1 amide bonds. The van der Waals surface area contributed by atoms with Crippen molar-refractivity contribution in [3.8, 4) is 0 Å². The lowest BCUT2D eigenvalue weighted by atomic mass is 9.91. The minimum absolute atomic E-state index is 0.195. The lowest BCUT2D eigenvalue weighted by Crippen LogP contribution is -2.42. The van der Waals surface area contributed by atoms with Crippen LogP contribution >= 0.6 is 0 Å². The van der Waals surface area contributed by atoms with E-state index in [2.05, 4.69) is 19.9 Å². The number of piperidine rings is 1. The number of carbonyl (C=O) groups excluding carboxylic acids is 1. The molecule has 2 rings (SSSR count). The summed E-state index contributed by atoms with van der Waals surface area (Å²) in [4.78, 5) is 14.5. The highest BCUT2D eigenvalue weighted by Gasteiger charge is 2.26. The third kappa shape index (κ3) is 2.92. The number of aryl methyl sites for hydroxylation is 2. The normalized spacial score (nSPS) is 24.1. The monoisotopic (exact) mass is 245 g/mol. The average Bonchev–Trinajstić information content (AvgIpc) is 2.25. The summed E-state index contributed by atoms with van der Waals surface area (Å²) in [6, 6.07) is 6.11. The molecular formula is C16H23NO. The van der Waals surface area contributed by atoms with Crippen molar-refractivity contribution < 1.29 is 4.79 Å². The molecule has 0 saturated carbocycles. The van der Waals surface area contributed by atoms with E-state index in [0.29, 0.717) is 11.8 Å². The Labute approximate surface area is 110 Å². The molecule has 1 heterocycles. The van der Waals surface area contributed by atoms with Crippen LogP contribution in [0.1, 0.15) is 41.8 Å². The van der Waals surface area contributed by atoms with Gasteiger partial charge < -0.3 is 4.90 Å². The molecule has 1 fully saturated rings. The van der Waals surface area contributed by atoms with Crippen molar-refractivity contribution >= 4 is 5.91 Å². The van der Waals surface area contributed by atoms with Crippen LogP contribution < -0.4 is 0 Å². The van der Waals surface area contributed by atoms with Gasteiger partial charge in [-0.05, 0) is 44.2 Å². The van der Waals surface area contributed by atoms with Gasteiger partial charge in [-0.3, -0.25) is 4.79 Å². The number of hydrogen-bond acceptors (Lipinski definition) is 1. The Hall–Kier alpha value is -1.31. The summed E-state index contributed by atoms with van der Waals surface area (Å²) in [6.07, 6.45) is 1.23. The summed E-state index contributed by atoms with van der Waals surface area (Å²) in [5.41, 5.74) is 3.17. The standard InChI is InChI=1S/C16H23NO/c1-11-5-12(2)8-15(7-11)16(18)17-9-13(3)6-14(4)10-17/h5,7-8,13-14H,6,9-10H2,1-4H3/t13-,14-/m0/s1. The largest absolute Gasteiger partial charge is 0.338 e. The fourth-order valence-electron chi connectivity index (χ4n) is 3.11. The Morgan fingerprint density at radius 1 is 1.06 bits per heavy atom. The second-order valence-electron chi connectivity index (χ2n) is 6.03. The minimum atomic E-state index is 0.195. The molecule has 0 N–H and O–H groups in total. The van der Waals surface area contributed by atoms with Crippen molar-refractivity contribution in [3.05, 3.63) is 34.9 Å². The highest BCUT2D eigenvalue weighted by molar-refractivity contribution is 5.94. The molecule has 2 heteroatoms. The van der Waals surface area contributed by atoms with E-state index in [1.807, 2.05) is 30.9 Å². The molecule has 0 aliphatic carbocycles. The number of likely N-dealkylation sites (tertiary alicyclic amines) is 1. The maximum absolute atomic E-state index is 12.5. The topological polar surface area (TPSA) is 20.3 Å². The lowest BCUT2D eigenvalue weighted by molar-refractivity contribution is 0.0623. The minimum Gasteiger partial charge on any atom is -0.338 e. The molecule has 18 heavy (non-hydrogen) atoms. The van der Waals surface area contributed by atoms with Crippen molar-refractivity contribution in [2.45, 2.75) is 34.1 Å². The molecule has 0 unspecified atom stereocenters. The summed E-state index contributed by atoms with van der Waals surface area (Å²) >= 11 is 0. The van der Waals surface area contributed by atoms with Gasteiger partial charge in [0.05, 0.1) is 0 Å². The highest BCUT2D eigenvalue weighted by atomic mass is 16.2. The Kier molecular flexibility index (Phi) is 3.74. The van der Waals surface area contributed by atoms with Crippen molar-refractivity contribution in [3.63, 3.8) is 0 Å². The Morgan fingerprint density at radius 2 is 1.56 bits per heavy atom. The van der Waals surface area contributed by atoms with Gasteiger partial charge in [-0.2, -0.15) is 0 Å². The van der Waals surface area contributed by atoms with E-state index in [1.54, 1.807) is 0 Å². The van der Waals surface area contributed by atoms with Crippen LogP contribution in [-0.4, -0.2) is 23.9 Å². The Balaban J connectivity index is 2.20. The van der Waals surface area contributed by atoms with Crippen LogP contribution in [0.25, 0.3) is 0 Å². The summed E-state index contributed by atoms with van der Waals surface area (Å²) < 4.78 is 0. The quantitative estimate of drug-likeness (QED) is 0.742. The van der Waals surface area contributed by atoms with Crippen LogP contribution in [0, 0.1) is 25.7 Å². The van der Waals surface area contributed by atoms with Gasteiger partial charge in [0.1, 0.15) is 0 Å². The van der Waals surface area contributed by atoms with Gasteiger partial charge in [-0.15, -0.1) is 0 Å². The number of benzene rings is 1. The average molecular weight is 245 g/mol. The number of amides is 1. The molecule has 98 valence electrons. The molecule has 2 nitrogen and oxygen atoms in total. The van der Waals surface area contributed by atoms with Gasteiger partial charge in [0.25, 0.3) is 5.91 Å². The summed E-state index contributed by atoms with van der Waals surface area (Å²) in [7, 11) is 0. The van der Waals surface area contributed by atoms with Crippen LogP contribution in [0.4, 0.5) is 0 Å². The first-order valence-corrected chi connectivity index (χ1v) is 6.83. The van der Waals surface area contributed by atoms with Gasteiger partial charge in [-0.25, -0.2) is 0 Å². The summed E-state index contributed by atoms with van der Waals surface area (Å²) in [5.74, 6) is 1.42. The fourth-order valence-corrected chi connectivity index (χ4v) is 3.11. The Morgan fingerprint density at radius 3 is 2.06 bits per heavy atom. The number of nitrogens with zero attached hydrogens (tertiary/aromatic N) is 1. The molecule has 0 spiro atoms. The van der Waals surface area contributed by atoms with Gasteiger partial charge >= 0.3 is 0 Å². The van der Waals surface area contributed by atoms with E-state index in [1.165, 1.54) is 6.42 Å². The van der Waals surface area contributed by atoms with Crippen LogP contribution in [0.15, 0.2) is 18.2 Å². The molecule has 1 saturated heterocycles. The number of carbonyl (C=O) groups is 1.